The second-order valence-electron chi connectivity index (χ2n) is 6.31. The molecule has 0 amide bonds. The zero-order valence-electron chi connectivity index (χ0n) is 11.2. The minimum atomic E-state index is -5.92. The Morgan fingerprint density at radius 2 is 1.70 bits per heavy atom. The zero-order valence-corrected chi connectivity index (χ0v) is 11.2. The summed E-state index contributed by atoms with van der Waals surface area (Å²) in [6, 6.07) is 0. The number of aliphatic hydroxyl groups is 1. The van der Waals surface area contributed by atoms with Crippen molar-refractivity contribution in [3.05, 3.63) is 11.3 Å². The molecule has 0 spiro atoms. The van der Waals surface area contributed by atoms with Crippen molar-refractivity contribution < 1.29 is 31.9 Å². The fourth-order valence-electron chi connectivity index (χ4n) is 3.44. The molecule has 0 aromatic rings. The molecule has 0 heterocycles. The summed E-state index contributed by atoms with van der Waals surface area (Å²) < 4.78 is 63.5. The number of alkyl halides is 5. The first-order valence-corrected chi connectivity index (χ1v) is 6.21. The number of halogens is 5. The molecule has 1 N–H and O–H groups in total. The van der Waals surface area contributed by atoms with E-state index in [1.54, 1.807) is 20.8 Å². The topological polar surface area (TPSA) is 37.3 Å². The summed E-state index contributed by atoms with van der Waals surface area (Å²) in [5.41, 5.74) is -2.48. The van der Waals surface area contributed by atoms with Crippen LogP contribution in [0.2, 0.25) is 0 Å². The second kappa shape index (κ2) is 3.74. The summed E-state index contributed by atoms with van der Waals surface area (Å²) in [6.45, 7) is 4.88. The molecule has 0 saturated heterocycles. The number of hydrogen-bond acceptors (Lipinski definition) is 2. The SMILES string of the molecule is CC12CCC(/C(=C(/O)C(F)(F)C(F)(F)F)C1=O)C2(C)C. The lowest BCUT2D eigenvalue weighted by atomic mass is 9.70. The van der Waals surface area contributed by atoms with Gasteiger partial charge in [-0.1, -0.05) is 20.8 Å². The molecule has 0 aromatic heterocycles. The number of hydrogen-bond donors (Lipinski definition) is 1. The van der Waals surface area contributed by atoms with Crippen molar-refractivity contribution in [2.75, 3.05) is 0 Å². The van der Waals surface area contributed by atoms with E-state index in [0.717, 1.165) is 0 Å². The number of allylic oxidation sites excluding steroid dienone is 2. The number of carbonyl (C=O) groups excluding carboxylic acids is 1. The van der Waals surface area contributed by atoms with Crippen molar-refractivity contribution in [2.24, 2.45) is 16.7 Å². The van der Waals surface area contributed by atoms with Gasteiger partial charge in [-0.2, -0.15) is 22.0 Å². The van der Waals surface area contributed by atoms with Crippen LogP contribution in [-0.2, 0) is 4.79 Å². The van der Waals surface area contributed by atoms with Gasteiger partial charge in [0.2, 0.25) is 0 Å². The molecule has 0 aliphatic heterocycles. The quantitative estimate of drug-likeness (QED) is 0.451. The summed E-state index contributed by atoms with van der Waals surface area (Å²) in [7, 11) is 0. The van der Waals surface area contributed by atoms with Crippen LogP contribution in [0.4, 0.5) is 22.0 Å². The number of fused-ring (bicyclic) bond motifs is 2. The van der Waals surface area contributed by atoms with Crippen molar-refractivity contribution in [3.8, 4) is 0 Å². The molecule has 7 heteroatoms. The van der Waals surface area contributed by atoms with Gasteiger partial charge in [0.15, 0.2) is 11.5 Å². The van der Waals surface area contributed by atoms with Crippen LogP contribution in [0.1, 0.15) is 33.6 Å². The van der Waals surface area contributed by atoms with E-state index < -0.39 is 46.0 Å². The van der Waals surface area contributed by atoms with E-state index in [4.69, 9.17) is 0 Å². The highest BCUT2D eigenvalue weighted by atomic mass is 19.4. The number of aliphatic hydroxyl groups excluding tert-OH is 1. The predicted octanol–water partition coefficient (Wildman–Crippen LogP) is 4.02. The molecule has 2 saturated carbocycles. The molecular formula is C13H15F5O2. The van der Waals surface area contributed by atoms with Gasteiger partial charge in [-0.05, 0) is 24.2 Å². The smallest absolute Gasteiger partial charge is 0.461 e. The highest BCUT2D eigenvalue weighted by Crippen LogP contribution is 2.66. The van der Waals surface area contributed by atoms with Gasteiger partial charge in [-0.15, -0.1) is 0 Å². The van der Waals surface area contributed by atoms with Crippen LogP contribution in [0.5, 0.6) is 0 Å². The van der Waals surface area contributed by atoms with Gasteiger partial charge in [0.1, 0.15) is 0 Å². The van der Waals surface area contributed by atoms with Crippen LogP contribution in [0.25, 0.3) is 0 Å². The Balaban J connectivity index is 2.61. The van der Waals surface area contributed by atoms with Crippen molar-refractivity contribution in [1.29, 1.82) is 0 Å². The van der Waals surface area contributed by atoms with Crippen LogP contribution in [0, 0.1) is 16.7 Å². The van der Waals surface area contributed by atoms with Crippen molar-refractivity contribution >= 4 is 5.78 Å². The van der Waals surface area contributed by atoms with Crippen LogP contribution in [0.15, 0.2) is 11.3 Å². The van der Waals surface area contributed by atoms with E-state index in [-0.39, 0.29) is 0 Å². The average Bonchev–Trinajstić information content (AvgIpc) is 2.58. The fraction of sp³-hybridized carbons (Fsp3) is 0.769. The Labute approximate surface area is 112 Å². The molecule has 20 heavy (non-hydrogen) atoms. The lowest BCUT2D eigenvalue weighted by Crippen LogP contribution is -2.40. The average molecular weight is 298 g/mol. The largest absolute Gasteiger partial charge is 0.506 e. The molecule has 2 aliphatic rings. The Morgan fingerprint density at radius 1 is 1.20 bits per heavy atom. The molecular weight excluding hydrogens is 283 g/mol. The van der Waals surface area contributed by atoms with Gasteiger partial charge in [0.05, 0.1) is 0 Å². The van der Waals surface area contributed by atoms with Crippen molar-refractivity contribution in [2.45, 2.75) is 45.7 Å². The summed E-state index contributed by atoms with van der Waals surface area (Å²) in [5, 5.41) is 9.44. The molecule has 2 nitrogen and oxygen atoms in total. The predicted molar refractivity (Wildman–Crippen MR) is 60.3 cm³/mol. The van der Waals surface area contributed by atoms with E-state index >= 15 is 0 Å². The number of carbonyl (C=O) groups is 1. The minimum Gasteiger partial charge on any atom is -0.506 e. The second-order valence-corrected chi connectivity index (χ2v) is 6.31. The van der Waals surface area contributed by atoms with Gasteiger partial charge in [-0.25, -0.2) is 0 Å². The molecule has 2 rings (SSSR count). The lowest BCUT2D eigenvalue weighted by molar-refractivity contribution is -0.274. The first-order chi connectivity index (χ1) is 8.78. The van der Waals surface area contributed by atoms with E-state index in [2.05, 4.69) is 0 Å². The third-order valence-corrected chi connectivity index (χ3v) is 5.23. The van der Waals surface area contributed by atoms with Crippen molar-refractivity contribution in [1.82, 2.24) is 0 Å². The van der Waals surface area contributed by atoms with Gasteiger partial charge >= 0.3 is 12.1 Å². The standard InChI is InChI=1S/C13H15F5O2/c1-10(2)6-4-5-11(10,3)8(19)7(6)9(20)12(14,15)13(16,17)18/h6,20H,4-5H2,1-3H3/b9-7-. The first kappa shape index (κ1) is 15.3. The normalized spacial score (nSPS) is 35.6. The Hall–Kier alpha value is -1.14. The summed E-state index contributed by atoms with van der Waals surface area (Å²) in [6.07, 6.45) is -5.17. The molecule has 114 valence electrons. The highest BCUT2D eigenvalue weighted by molar-refractivity contribution is 6.05. The number of ketones is 1. The molecule has 2 unspecified atom stereocenters. The molecule has 2 aliphatic carbocycles. The summed E-state index contributed by atoms with van der Waals surface area (Å²) in [4.78, 5) is 12.2. The van der Waals surface area contributed by atoms with E-state index in [9.17, 15) is 31.9 Å². The maximum absolute atomic E-state index is 13.3. The fourth-order valence-corrected chi connectivity index (χ4v) is 3.44. The molecule has 2 fully saturated rings. The van der Waals surface area contributed by atoms with Crippen LogP contribution >= 0.6 is 0 Å². The third-order valence-electron chi connectivity index (χ3n) is 5.23. The molecule has 2 atom stereocenters. The van der Waals surface area contributed by atoms with Crippen LogP contribution in [0.3, 0.4) is 0 Å². The highest BCUT2D eigenvalue weighted by Gasteiger charge is 2.69. The maximum atomic E-state index is 13.3. The maximum Gasteiger partial charge on any atom is 0.461 e. The Morgan fingerprint density at radius 3 is 2.05 bits per heavy atom. The minimum absolute atomic E-state index is 0.322. The van der Waals surface area contributed by atoms with E-state index in [1.165, 1.54) is 0 Å². The zero-order chi connectivity index (χ0) is 15.7. The summed E-state index contributed by atoms with van der Waals surface area (Å²) in [5.74, 6) is -9.08. The van der Waals surface area contributed by atoms with Crippen LogP contribution < -0.4 is 0 Å². The van der Waals surface area contributed by atoms with Gasteiger partial charge in [0.25, 0.3) is 0 Å². The monoisotopic (exact) mass is 298 g/mol. The van der Waals surface area contributed by atoms with Gasteiger partial charge in [0, 0.05) is 11.0 Å². The Bertz CT molecular complexity index is 503. The van der Waals surface area contributed by atoms with Crippen molar-refractivity contribution in [3.63, 3.8) is 0 Å². The molecule has 0 aromatic carbocycles. The number of rotatable bonds is 1. The molecule has 2 bridgehead atoms. The summed E-state index contributed by atoms with van der Waals surface area (Å²) >= 11 is 0. The molecule has 0 radical (unpaired) electrons. The van der Waals surface area contributed by atoms with E-state index in [0.29, 0.717) is 12.8 Å². The van der Waals surface area contributed by atoms with Gasteiger partial charge in [-0.3, -0.25) is 4.79 Å². The first-order valence-electron chi connectivity index (χ1n) is 6.21. The van der Waals surface area contributed by atoms with Crippen LogP contribution in [-0.4, -0.2) is 23.0 Å². The Kier molecular flexibility index (Phi) is 2.85. The lowest BCUT2D eigenvalue weighted by Gasteiger charge is -2.31. The third kappa shape index (κ3) is 1.52. The van der Waals surface area contributed by atoms with Gasteiger partial charge < -0.3 is 5.11 Å². The number of Topliss-reactive ketones (excluding diaryl/α,β-unsaturated/α-hetero) is 1. The van der Waals surface area contributed by atoms with E-state index in [1.807, 2.05) is 0 Å².